The van der Waals surface area contributed by atoms with Gasteiger partial charge in [0, 0.05) is 11.8 Å². The minimum atomic E-state index is -5.01. The van der Waals surface area contributed by atoms with Crippen LogP contribution in [-0.2, 0) is 0 Å². The Morgan fingerprint density at radius 3 is 2.15 bits per heavy atom. The van der Waals surface area contributed by atoms with Crippen molar-refractivity contribution in [2.24, 2.45) is 0 Å². The first-order valence-electron chi connectivity index (χ1n) is 3.53. The largest absolute Gasteiger partial charge is 1.00 e. The van der Waals surface area contributed by atoms with Gasteiger partial charge in [0.25, 0.3) is 0 Å². The zero-order valence-corrected chi connectivity index (χ0v) is 10.8. The zero-order valence-electron chi connectivity index (χ0n) is 7.71. The summed E-state index contributed by atoms with van der Waals surface area (Å²) in [6.45, 7) is -1.58. The van der Waals surface area contributed by atoms with Crippen molar-refractivity contribution < 1.29 is 64.3 Å². The van der Waals surface area contributed by atoms with Crippen LogP contribution in [0.15, 0.2) is 6.20 Å². The van der Waals surface area contributed by atoms with E-state index in [0.717, 1.165) is 11.0 Å². The van der Waals surface area contributed by atoms with Crippen molar-refractivity contribution >= 4 is 12.6 Å². The van der Waals surface area contributed by atoms with E-state index in [-0.39, 0.29) is 57.4 Å². The number of halogens is 3. The van der Waals surface area contributed by atoms with Crippen LogP contribution < -0.4 is 57.0 Å². The van der Waals surface area contributed by atoms with Gasteiger partial charge >= 0.3 is 58.4 Å². The Bertz CT molecular complexity index is 272. The first-order valence-corrected chi connectivity index (χ1v) is 3.53. The van der Waals surface area contributed by atoms with E-state index in [1.807, 2.05) is 0 Å². The molecule has 1 rings (SSSR count). The van der Waals surface area contributed by atoms with Crippen LogP contribution in [0.3, 0.4) is 0 Å². The summed E-state index contributed by atoms with van der Waals surface area (Å²) in [5, 5.41) is 6.77. The smallest absolute Gasteiger partial charge is 0.444 e. The van der Waals surface area contributed by atoms with Gasteiger partial charge in [0.2, 0.25) is 0 Å². The third kappa shape index (κ3) is 3.70. The summed E-state index contributed by atoms with van der Waals surface area (Å²) in [6, 6.07) is -0.142. The van der Waals surface area contributed by atoms with Crippen molar-refractivity contribution in [3.05, 3.63) is 6.20 Å². The molecule has 1 aromatic heterocycles. The summed E-state index contributed by atoms with van der Waals surface area (Å²) in [5.41, 5.74) is -0.885. The minimum absolute atomic E-state index is 0. The van der Waals surface area contributed by atoms with Crippen LogP contribution >= 0.6 is 0 Å². The van der Waals surface area contributed by atoms with Gasteiger partial charge in [0.05, 0.1) is 6.04 Å². The monoisotopic (exact) mass is 217 g/mol. The molecule has 0 amide bonds. The van der Waals surface area contributed by atoms with Gasteiger partial charge < -0.3 is 12.9 Å². The topological polar surface area (TPSA) is 30.7 Å². The third-order valence-corrected chi connectivity index (χ3v) is 1.32. The number of aromatic nitrogens is 3. The molecule has 0 atom stereocenters. The first kappa shape index (κ1) is 13.6. The van der Waals surface area contributed by atoms with Gasteiger partial charge in [-0.25, -0.2) is 0 Å². The third-order valence-electron chi connectivity index (χ3n) is 1.32. The van der Waals surface area contributed by atoms with Crippen molar-refractivity contribution in [3.8, 4) is 0 Å². The molecule has 0 saturated heterocycles. The number of rotatable bonds is 2. The van der Waals surface area contributed by atoms with E-state index < -0.39 is 12.6 Å². The van der Waals surface area contributed by atoms with Crippen molar-refractivity contribution in [1.29, 1.82) is 0 Å². The van der Waals surface area contributed by atoms with Gasteiger partial charge in [-0.3, -0.25) is 0 Å². The Kier molecular flexibility index (Phi) is 5.16. The predicted octanol–water partition coefficient (Wildman–Crippen LogP) is -2.08. The second kappa shape index (κ2) is 4.92. The van der Waals surface area contributed by atoms with E-state index >= 15 is 0 Å². The quantitative estimate of drug-likeness (QED) is 0.532. The Labute approximate surface area is 117 Å². The van der Waals surface area contributed by atoms with E-state index in [4.69, 9.17) is 0 Å². The standard InChI is InChI=1S/C5H8BF3N3.K/c1-4(2)12-10-3-5(11-12)6(7,8)9;/h3-4H,1-2H3;/q-1;+1. The van der Waals surface area contributed by atoms with Crippen molar-refractivity contribution in [2.75, 3.05) is 0 Å². The van der Waals surface area contributed by atoms with E-state index in [1.54, 1.807) is 13.8 Å². The Hall–Kier alpha value is 0.631. The van der Waals surface area contributed by atoms with Crippen LogP contribution in [0.4, 0.5) is 12.9 Å². The van der Waals surface area contributed by atoms with Crippen LogP contribution in [0, 0.1) is 0 Å². The normalized spacial score (nSPS) is 11.5. The summed E-state index contributed by atoms with van der Waals surface area (Å²) >= 11 is 0. The maximum absolute atomic E-state index is 12.0. The molecule has 0 aliphatic carbocycles. The molecule has 0 N–H and O–H groups in total. The van der Waals surface area contributed by atoms with E-state index in [2.05, 4.69) is 10.2 Å². The summed E-state index contributed by atoms with van der Waals surface area (Å²) < 4.78 is 36.0. The summed E-state index contributed by atoms with van der Waals surface area (Å²) in [6.07, 6.45) is 0.750. The molecular weight excluding hydrogens is 209 g/mol. The van der Waals surface area contributed by atoms with E-state index in [1.165, 1.54) is 0 Å². The molecule has 0 saturated carbocycles. The number of hydrogen-bond acceptors (Lipinski definition) is 2. The molecule has 0 unspecified atom stereocenters. The van der Waals surface area contributed by atoms with Crippen molar-refractivity contribution in [3.63, 3.8) is 0 Å². The van der Waals surface area contributed by atoms with Gasteiger partial charge in [0.1, 0.15) is 0 Å². The van der Waals surface area contributed by atoms with Gasteiger partial charge in [-0.2, -0.15) is 15.0 Å². The molecule has 13 heavy (non-hydrogen) atoms. The molecule has 0 aliphatic heterocycles. The Balaban J connectivity index is 0.00000144. The summed E-state index contributed by atoms with van der Waals surface area (Å²) in [5.74, 6) is 0. The SMILES string of the molecule is CC(C)n1ncc([B-](F)(F)F)n1.[K+]. The first-order chi connectivity index (χ1) is 5.41. The number of hydrogen-bond donors (Lipinski definition) is 0. The van der Waals surface area contributed by atoms with Crippen LogP contribution in [0.5, 0.6) is 0 Å². The fourth-order valence-corrected chi connectivity index (χ4v) is 0.687. The van der Waals surface area contributed by atoms with Gasteiger partial charge in [0.15, 0.2) is 0 Å². The maximum atomic E-state index is 12.0. The molecular formula is C5H8BF3KN3. The molecule has 0 fully saturated rings. The predicted molar refractivity (Wildman–Crippen MR) is 39.1 cm³/mol. The van der Waals surface area contributed by atoms with Crippen LogP contribution in [-0.4, -0.2) is 22.0 Å². The van der Waals surface area contributed by atoms with Gasteiger partial charge in [-0.1, -0.05) is 0 Å². The molecule has 0 spiro atoms. The average Bonchev–Trinajstić information content (AvgIpc) is 2.30. The minimum Gasteiger partial charge on any atom is -0.444 e. The fourth-order valence-electron chi connectivity index (χ4n) is 0.687. The van der Waals surface area contributed by atoms with E-state index in [9.17, 15) is 12.9 Å². The van der Waals surface area contributed by atoms with Crippen LogP contribution in [0.25, 0.3) is 0 Å². The number of nitrogens with zero attached hydrogens (tertiary/aromatic N) is 3. The molecule has 0 aliphatic rings. The molecule has 0 aromatic carbocycles. The Morgan fingerprint density at radius 1 is 1.38 bits per heavy atom. The molecule has 8 heteroatoms. The van der Waals surface area contributed by atoms with Crippen LogP contribution in [0.2, 0.25) is 0 Å². The second-order valence-corrected chi connectivity index (χ2v) is 2.76. The van der Waals surface area contributed by atoms with Crippen molar-refractivity contribution in [2.45, 2.75) is 19.9 Å². The fraction of sp³-hybridized carbons (Fsp3) is 0.600. The molecule has 0 bridgehead atoms. The Morgan fingerprint density at radius 2 is 1.92 bits per heavy atom. The maximum Gasteiger partial charge on any atom is 1.00 e. The van der Waals surface area contributed by atoms with Crippen molar-refractivity contribution in [1.82, 2.24) is 15.0 Å². The molecule has 1 heterocycles. The summed E-state index contributed by atoms with van der Waals surface area (Å²) in [7, 11) is 0. The molecule has 68 valence electrons. The molecule has 0 radical (unpaired) electrons. The van der Waals surface area contributed by atoms with Gasteiger partial charge in [-0.05, 0) is 13.8 Å². The van der Waals surface area contributed by atoms with Gasteiger partial charge in [-0.15, -0.1) is 0 Å². The zero-order chi connectivity index (χ0) is 9.35. The van der Waals surface area contributed by atoms with E-state index in [0.29, 0.717) is 0 Å². The summed E-state index contributed by atoms with van der Waals surface area (Å²) in [4.78, 5) is 1.05. The molecule has 1 aromatic rings. The second-order valence-electron chi connectivity index (χ2n) is 2.76. The average molecular weight is 217 g/mol. The van der Waals surface area contributed by atoms with Crippen LogP contribution in [0.1, 0.15) is 19.9 Å². The molecule has 3 nitrogen and oxygen atoms in total.